The minimum absolute atomic E-state index is 0.00302. The molecule has 286 valence electrons. The molecule has 0 saturated heterocycles. The standard InChI is InChI=1S/C42H83NO5/c1-5-9-19-27-39(28-20-10-6-2)33-38-47-41(45)31-23-15-13-17-25-34-43(36-37-44)35-26-18-14-16-24-32-42(46)48-40(29-21-11-7-3)30-22-12-8-4/h39-40,44H,5-38H2,1-4H3. The summed E-state index contributed by atoms with van der Waals surface area (Å²) >= 11 is 0. The van der Waals surface area contributed by atoms with Gasteiger partial charge in [-0.2, -0.15) is 0 Å². The number of esters is 2. The molecule has 0 atom stereocenters. The van der Waals surface area contributed by atoms with Gasteiger partial charge in [-0.1, -0.05) is 143 Å². The molecule has 0 bridgehead atoms. The number of carbonyl (C=O) groups is 2. The Morgan fingerprint density at radius 2 is 0.938 bits per heavy atom. The number of nitrogens with zero attached hydrogens (tertiary/aromatic N) is 1. The number of rotatable bonds is 38. The molecule has 6 heteroatoms. The molecule has 0 spiro atoms. The summed E-state index contributed by atoms with van der Waals surface area (Å²) in [7, 11) is 0. The quantitative estimate of drug-likeness (QED) is 0.0516. The molecule has 1 N–H and O–H groups in total. The number of hydrogen-bond donors (Lipinski definition) is 1. The van der Waals surface area contributed by atoms with E-state index in [1.165, 1.54) is 89.9 Å². The van der Waals surface area contributed by atoms with E-state index in [1.807, 2.05) is 0 Å². The fraction of sp³-hybridized carbons (Fsp3) is 0.952. The molecular weight excluding hydrogens is 598 g/mol. The lowest BCUT2D eigenvalue weighted by molar-refractivity contribution is -0.150. The van der Waals surface area contributed by atoms with Crippen molar-refractivity contribution in [1.82, 2.24) is 4.90 Å². The maximum Gasteiger partial charge on any atom is 0.306 e. The van der Waals surface area contributed by atoms with Crippen LogP contribution in [0.1, 0.15) is 214 Å². The fourth-order valence-corrected chi connectivity index (χ4v) is 6.71. The van der Waals surface area contributed by atoms with Crippen molar-refractivity contribution in [2.24, 2.45) is 5.92 Å². The van der Waals surface area contributed by atoms with Crippen LogP contribution in [0.5, 0.6) is 0 Å². The number of carbonyl (C=O) groups excluding carboxylic acids is 2. The van der Waals surface area contributed by atoms with Gasteiger partial charge >= 0.3 is 11.9 Å². The van der Waals surface area contributed by atoms with Crippen LogP contribution in [0.15, 0.2) is 0 Å². The van der Waals surface area contributed by atoms with Gasteiger partial charge in [0.1, 0.15) is 6.10 Å². The predicted octanol–water partition coefficient (Wildman–Crippen LogP) is 11.7. The molecule has 6 nitrogen and oxygen atoms in total. The molecule has 0 aliphatic rings. The van der Waals surface area contributed by atoms with Crippen LogP contribution in [0.4, 0.5) is 0 Å². The van der Waals surface area contributed by atoms with E-state index in [2.05, 4.69) is 32.6 Å². The molecule has 0 saturated carbocycles. The number of aliphatic hydroxyl groups is 1. The van der Waals surface area contributed by atoms with Crippen LogP contribution in [0.3, 0.4) is 0 Å². The summed E-state index contributed by atoms with van der Waals surface area (Å²) in [6.45, 7) is 12.6. The van der Waals surface area contributed by atoms with Crippen LogP contribution in [-0.2, 0) is 19.1 Å². The van der Waals surface area contributed by atoms with E-state index in [-0.39, 0.29) is 24.6 Å². The summed E-state index contributed by atoms with van der Waals surface area (Å²) in [5.74, 6) is 0.688. The molecule has 48 heavy (non-hydrogen) atoms. The maximum atomic E-state index is 12.4. The lowest BCUT2D eigenvalue weighted by Crippen LogP contribution is -2.29. The second-order valence-corrected chi connectivity index (χ2v) is 14.6. The minimum atomic E-state index is -0.0193. The van der Waals surface area contributed by atoms with Gasteiger partial charge in [-0.25, -0.2) is 0 Å². The Hall–Kier alpha value is -1.14. The second-order valence-electron chi connectivity index (χ2n) is 14.6. The molecule has 0 unspecified atom stereocenters. The molecule has 0 aromatic carbocycles. The largest absolute Gasteiger partial charge is 0.466 e. The Balaban J connectivity index is 3.94. The van der Waals surface area contributed by atoms with Crippen LogP contribution in [0, 0.1) is 5.92 Å². The Kier molecular flexibility index (Phi) is 36.2. The zero-order chi connectivity index (χ0) is 35.3. The second kappa shape index (κ2) is 37.1. The highest BCUT2D eigenvalue weighted by Crippen LogP contribution is 2.21. The summed E-state index contributed by atoms with van der Waals surface area (Å²) in [4.78, 5) is 27.1. The monoisotopic (exact) mass is 682 g/mol. The van der Waals surface area contributed by atoms with Gasteiger partial charge in [0.25, 0.3) is 0 Å². The predicted molar refractivity (Wildman–Crippen MR) is 204 cm³/mol. The van der Waals surface area contributed by atoms with Crippen molar-refractivity contribution < 1.29 is 24.2 Å². The molecule has 0 amide bonds. The van der Waals surface area contributed by atoms with Crippen LogP contribution in [-0.4, -0.2) is 60.9 Å². The van der Waals surface area contributed by atoms with E-state index in [0.29, 0.717) is 25.4 Å². The summed E-state index contributed by atoms with van der Waals surface area (Å²) < 4.78 is 11.5. The highest BCUT2D eigenvalue weighted by atomic mass is 16.5. The van der Waals surface area contributed by atoms with Crippen molar-refractivity contribution in [3.63, 3.8) is 0 Å². The van der Waals surface area contributed by atoms with Gasteiger partial charge in [0.2, 0.25) is 0 Å². The Bertz CT molecular complexity index is 667. The molecular formula is C42H83NO5. The molecule has 0 heterocycles. The van der Waals surface area contributed by atoms with E-state index >= 15 is 0 Å². The first-order valence-electron chi connectivity index (χ1n) is 21.2. The fourth-order valence-electron chi connectivity index (χ4n) is 6.71. The number of aliphatic hydroxyl groups excluding tert-OH is 1. The van der Waals surface area contributed by atoms with Gasteiger partial charge in [-0.05, 0) is 76.8 Å². The lowest BCUT2D eigenvalue weighted by atomic mass is 9.92. The van der Waals surface area contributed by atoms with Gasteiger partial charge < -0.3 is 19.5 Å². The van der Waals surface area contributed by atoms with Crippen molar-refractivity contribution >= 4 is 11.9 Å². The summed E-state index contributed by atoms with van der Waals surface area (Å²) in [6, 6.07) is 0. The van der Waals surface area contributed by atoms with Crippen molar-refractivity contribution in [2.45, 2.75) is 220 Å². The van der Waals surface area contributed by atoms with E-state index < -0.39 is 0 Å². The van der Waals surface area contributed by atoms with Crippen molar-refractivity contribution in [2.75, 3.05) is 32.8 Å². The van der Waals surface area contributed by atoms with Crippen LogP contribution >= 0.6 is 0 Å². The zero-order valence-electron chi connectivity index (χ0n) is 32.7. The molecule has 0 rings (SSSR count). The Morgan fingerprint density at radius 3 is 1.42 bits per heavy atom. The van der Waals surface area contributed by atoms with Crippen LogP contribution in [0.2, 0.25) is 0 Å². The van der Waals surface area contributed by atoms with Crippen molar-refractivity contribution in [1.29, 1.82) is 0 Å². The molecule has 0 aliphatic carbocycles. The van der Waals surface area contributed by atoms with E-state index in [4.69, 9.17) is 9.47 Å². The maximum absolute atomic E-state index is 12.4. The molecule has 0 fully saturated rings. The Morgan fingerprint density at radius 1 is 0.500 bits per heavy atom. The average Bonchev–Trinajstić information content (AvgIpc) is 3.07. The lowest BCUT2D eigenvalue weighted by Gasteiger charge is -2.21. The third-order valence-electron chi connectivity index (χ3n) is 9.91. The first-order chi connectivity index (χ1) is 23.5. The van der Waals surface area contributed by atoms with Gasteiger partial charge in [-0.15, -0.1) is 0 Å². The SMILES string of the molecule is CCCCCC(CCCCC)CCOC(=O)CCCCCCCN(CCO)CCCCCCCC(=O)OC(CCCCC)CCCCC. The third-order valence-corrected chi connectivity index (χ3v) is 9.91. The van der Waals surface area contributed by atoms with Gasteiger partial charge in [0, 0.05) is 19.4 Å². The average molecular weight is 682 g/mol. The number of ether oxygens (including phenoxy) is 2. The Labute approximate surface area is 299 Å². The van der Waals surface area contributed by atoms with Gasteiger partial charge in [0.15, 0.2) is 0 Å². The summed E-state index contributed by atoms with van der Waals surface area (Å²) in [6.07, 6.45) is 32.7. The molecule has 0 aromatic rings. The van der Waals surface area contributed by atoms with E-state index in [9.17, 15) is 14.7 Å². The molecule has 0 radical (unpaired) electrons. The summed E-state index contributed by atoms with van der Waals surface area (Å²) in [5.41, 5.74) is 0. The molecule has 0 aliphatic heterocycles. The third kappa shape index (κ3) is 32.1. The van der Waals surface area contributed by atoms with Gasteiger partial charge in [0.05, 0.1) is 13.2 Å². The van der Waals surface area contributed by atoms with Crippen molar-refractivity contribution in [3.8, 4) is 0 Å². The van der Waals surface area contributed by atoms with E-state index in [0.717, 1.165) is 103 Å². The summed E-state index contributed by atoms with van der Waals surface area (Å²) in [5, 5.41) is 9.53. The first-order valence-corrected chi connectivity index (χ1v) is 21.2. The van der Waals surface area contributed by atoms with E-state index in [1.54, 1.807) is 0 Å². The topological polar surface area (TPSA) is 76.1 Å². The number of unbranched alkanes of at least 4 members (excludes halogenated alkanes) is 16. The van der Waals surface area contributed by atoms with Crippen LogP contribution in [0.25, 0.3) is 0 Å². The molecule has 0 aromatic heterocycles. The highest BCUT2D eigenvalue weighted by Gasteiger charge is 2.14. The van der Waals surface area contributed by atoms with Gasteiger partial charge in [-0.3, -0.25) is 9.59 Å². The first kappa shape index (κ1) is 46.9. The number of hydrogen-bond acceptors (Lipinski definition) is 6. The smallest absolute Gasteiger partial charge is 0.306 e. The highest BCUT2D eigenvalue weighted by molar-refractivity contribution is 5.69. The van der Waals surface area contributed by atoms with Crippen LogP contribution < -0.4 is 0 Å². The van der Waals surface area contributed by atoms with Crippen molar-refractivity contribution in [3.05, 3.63) is 0 Å². The zero-order valence-corrected chi connectivity index (χ0v) is 32.7. The minimum Gasteiger partial charge on any atom is -0.466 e. The normalized spacial score (nSPS) is 11.7.